The van der Waals surface area contributed by atoms with Crippen LogP contribution in [0.4, 0.5) is 0 Å². The van der Waals surface area contributed by atoms with Crippen molar-refractivity contribution in [2.45, 2.75) is 228 Å². The highest BCUT2D eigenvalue weighted by molar-refractivity contribution is 8.00. The van der Waals surface area contributed by atoms with Gasteiger partial charge in [-0.2, -0.15) is 0 Å². The van der Waals surface area contributed by atoms with Crippen LogP contribution < -0.4 is 75.7 Å². The molecule has 2 aromatic heterocycles. The Bertz CT molecular complexity index is 4950. The molecule has 15 atom stereocenters. The number of benzene rings is 3. The van der Waals surface area contributed by atoms with E-state index in [-0.39, 0.29) is 83.0 Å². The van der Waals surface area contributed by atoms with Gasteiger partial charge in [-0.3, -0.25) is 86.9 Å². The molecule has 132 heavy (non-hydrogen) atoms. The number of nitrogens with zero attached hydrogens (tertiary/aromatic N) is 5. The van der Waals surface area contributed by atoms with Gasteiger partial charge in [-0.25, -0.2) is 0 Å². The van der Waals surface area contributed by atoms with Crippen LogP contribution in [0.2, 0.25) is 0 Å². The SMILES string of the molecule is CCCC[C@H]1C(=O)N(C)[C@@H](CCCC)C(=O)N[C@@H](CCCNC(=N)N)C(=O)NC(C(=O)NCC(N)=O)CSCC(=O)N[C@@H](Cc2ccc(O)cc2)C(=O)N(C)[C@@H](C)C(=O)N[C@@H](CC(N)=O)C(=O)N2CCC[C@H]2C(=O)N[C@@H](CO)C(=O)N[C@@H](CC(C)C)C(=O)N2C[C@H](O)C[C@H]2C(=O)N[C@@H](Cc2c[nH]c3ccccc23)C(=O)N[C@@H](CO)C(=O)N[C@@H](Cc2c[nH]c3ccccc23)C(=O)N1C. The number of thioether (sulfide) groups is 1. The first kappa shape index (κ1) is 104. The molecule has 17 amide bonds. The molecule has 3 fully saturated rings. The van der Waals surface area contributed by atoms with E-state index < -0.39 is 254 Å². The number of rotatable bonds is 25. The van der Waals surface area contributed by atoms with Gasteiger partial charge in [-0.05, 0) is 98.7 Å². The summed E-state index contributed by atoms with van der Waals surface area (Å²) in [4.78, 5) is 260. The number of nitrogens with two attached hydrogens (primary N) is 3. The van der Waals surface area contributed by atoms with Gasteiger partial charge >= 0.3 is 0 Å². The molecule has 0 radical (unpaired) electrons. The number of aliphatic hydroxyl groups excluding tert-OH is 3. The van der Waals surface area contributed by atoms with Crippen molar-refractivity contribution in [3.05, 3.63) is 102 Å². The Kier molecular flexibility index (Phi) is 39.4. The summed E-state index contributed by atoms with van der Waals surface area (Å²) < 4.78 is 0. The summed E-state index contributed by atoms with van der Waals surface area (Å²) in [5.41, 5.74) is 19.3. The number of hydrogen-bond acceptors (Lipinski definition) is 23. The largest absolute Gasteiger partial charge is 0.508 e. The van der Waals surface area contributed by atoms with E-state index in [1.165, 1.54) is 52.3 Å². The third-order valence-corrected chi connectivity index (χ3v) is 24.6. The number of amides is 17. The fourth-order valence-corrected chi connectivity index (χ4v) is 17.0. The van der Waals surface area contributed by atoms with Crippen LogP contribution in [0.25, 0.3) is 21.8 Å². The molecule has 0 saturated carbocycles. The summed E-state index contributed by atoms with van der Waals surface area (Å²) in [6.45, 7) is 4.74. The number of unbranched alkanes of at least 4 members (excludes halogenated alkanes) is 2. The lowest BCUT2D eigenvalue weighted by atomic mass is 10.00. The number of carbonyl (C=O) groups excluding carboxylic acids is 17. The first-order chi connectivity index (χ1) is 62.8. The lowest BCUT2D eigenvalue weighted by Gasteiger charge is -2.36. The standard InChI is InChI=1S/C88H126N22O21S/c1-9-11-24-67-80(124)98-58(23-17-31-93-88(91)92)76(120)105-66(75(119)96-41-72(90)116)45-132-46-73(117)97-61(34-49-27-29-52(113)30-28-49)83(127)106(6)48(5)74(118)100-63(38-71(89)115)85(129)109-32-18-26-68(109)81(125)104-65(44-112)79(123)101-60(33-47(3)4)86(130)110-42-53(114)37-70(110)82(126)99-59(35-50-39-94-56-21-15-13-19-54(50)56)77(121)103-64(43-111)78(122)102-62(36-51-40-95-57-22-16-14-20-55(51)57)84(128)108(8)69(25-12-10-2)87(131)107(67)7/h13-16,19-22,27-30,39-40,47-48,53,58-70,94-95,111-114H,9-12,17-18,23-26,31-38,41-46H2,1-8H3,(H2,89,115)(H2,90,116)(H,96,119)(H,97,117)(H,98,124)(H,99,126)(H,100,118)(H,101,123)(H,102,122)(H,103,121)(H,104,125)(H,105,120)(H4,91,92,93)/t48-,53+,58-,59-,60-,61-,62-,63-,64-,65-,66?,67-,68-,69-,70-/m0/s1. The van der Waals surface area contributed by atoms with Gasteiger partial charge in [0.2, 0.25) is 100 Å². The van der Waals surface area contributed by atoms with Gasteiger partial charge in [0.25, 0.3) is 0 Å². The van der Waals surface area contributed by atoms with Gasteiger partial charge in [0.15, 0.2) is 5.96 Å². The molecule has 3 aliphatic rings. The van der Waals surface area contributed by atoms with E-state index in [4.69, 9.17) is 22.6 Å². The average Bonchev–Trinajstić information content (AvgIpc) is 1.60. The van der Waals surface area contributed by atoms with Crippen molar-refractivity contribution in [1.82, 2.24) is 93.0 Å². The van der Waals surface area contributed by atoms with Crippen molar-refractivity contribution in [3.63, 3.8) is 0 Å². The molecule has 0 bridgehead atoms. The second-order valence-corrected chi connectivity index (χ2v) is 34.9. The number of H-pyrrole nitrogens is 2. The number of phenols is 1. The molecule has 24 N–H and O–H groups in total. The summed E-state index contributed by atoms with van der Waals surface area (Å²) in [5, 5.41) is 81.0. The Morgan fingerprint density at radius 3 is 1.62 bits per heavy atom. The van der Waals surface area contributed by atoms with Crippen LogP contribution in [-0.2, 0) is 101 Å². The van der Waals surface area contributed by atoms with E-state index >= 15 is 33.6 Å². The highest BCUT2D eigenvalue weighted by Gasteiger charge is 2.47. The number of aliphatic hydroxyl groups is 3. The van der Waals surface area contributed by atoms with Crippen LogP contribution in [0.3, 0.4) is 0 Å². The molecular weight excluding hydrogens is 1730 g/mol. The zero-order valence-corrected chi connectivity index (χ0v) is 76.2. The normalized spacial score (nSPS) is 25.1. The number of guanidine groups is 1. The highest BCUT2D eigenvalue weighted by atomic mass is 32.2. The quantitative estimate of drug-likeness (QED) is 0.0151. The number of fused-ring (bicyclic) bond motifs is 4. The first-order valence-electron chi connectivity index (χ1n) is 44.2. The number of para-hydroxylation sites is 2. The van der Waals surface area contributed by atoms with Crippen molar-refractivity contribution in [2.24, 2.45) is 23.1 Å². The Balaban J connectivity index is 1.19. The molecule has 3 aliphatic heterocycles. The zero-order valence-electron chi connectivity index (χ0n) is 75.4. The van der Waals surface area contributed by atoms with Crippen molar-refractivity contribution < 1.29 is 102 Å². The first-order valence-corrected chi connectivity index (χ1v) is 45.3. The molecule has 0 spiro atoms. The second kappa shape index (κ2) is 49.9. The molecule has 43 nitrogen and oxygen atoms in total. The summed E-state index contributed by atoms with van der Waals surface area (Å²) in [5.74, 6) is -18.6. The molecule has 1 unspecified atom stereocenters. The Morgan fingerprint density at radius 1 is 0.530 bits per heavy atom. The van der Waals surface area contributed by atoms with Crippen LogP contribution in [-0.4, -0.2) is 324 Å². The van der Waals surface area contributed by atoms with E-state index in [1.54, 1.807) is 74.8 Å². The molecule has 3 saturated heterocycles. The fraction of sp³-hybridized carbons (Fsp3) is 0.545. The number of phenolic OH excluding ortho intramolecular Hbond substituents is 1. The van der Waals surface area contributed by atoms with Crippen molar-refractivity contribution in [1.29, 1.82) is 5.41 Å². The number of aromatic nitrogens is 2. The molecule has 5 aromatic rings. The maximum atomic E-state index is 15.7. The number of nitrogens with one attached hydrogen (secondary N) is 14. The Morgan fingerprint density at radius 2 is 1.04 bits per heavy atom. The second-order valence-electron chi connectivity index (χ2n) is 33.9. The highest BCUT2D eigenvalue weighted by Crippen LogP contribution is 2.28. The number of aromatic amines is 2. The fourth-order valence-electron chi connectivity index (χ4n) is 16.2. The predicted molar refractivity (Wildman–Crippen MR) is 485 cm³/mol. The van der Waals surface area contributed by atoms with Gasteiger partial charge in [0, 0.05) is 106 Å². The number of hydrogen-bond donors (Lipinski definition) is 21. The van der Waals surface area contributed by atoms with Crippen LogP contribution in [0, 0.1) is 11.3 Å². The number of primary amides is 2. The average molecular weight is 1860 g/mol. The van der Waals surface area contributed by atoms with Gasteiger partial charge in [0.05, 0.1) is 38.0 Å². The Labute approximate surface area is 767 Å². The van der Waals surface area contributed by atoms with Crippen molar-refractivity contribution in [2.75, 3.05) is 72.0 Å². The van der Waals surface area contributed by atoms with E-state index in [0.717, 1.165) is 36.3 Å². The van der Waals surface area contributed by atoms with E-state index in [9.17, 15) is 68.4 Å². The lowest BCUT2D eigenvalue weighted by Crippen LogP contribution is -2.62. The van der Waals surface area contributed by atoms with Crippen molar-refractivity contribution >= 4 is 140 Å². The molecular formula is C88H126N22O21S. The van der Waals surface area contributed by atoms with Crippen LogP contribution >= 0.6 is 11.8 Å². The van der Waals surface area contributed by atoms with Gasteiger partial charge < -0.3 is 131 Å². The third-order valence-electron chi connectivity index (χ3n) is 23.5. The van der Waals surface area contributed by atoms with Crippen LogP contribution in [0.15, 0.2) is 85.2 Å². The Hall–Kier alpha value is -13.0. The van der Waals surface area contributed by atoms with E-state index in [0.29, 0.717) is 64.2 Å². The minimum atomic E-state index is -1.90. The maximum absolute atomic E-state index is 15.7. The predicted octanol–water partition coefficient (Wildman–Crippen LogP) is -3.90. The molecule has 720 valence electrons. The number of likely N-dealkylation sites (N-methyl/N-ethyl adjacent to an activating group) is 3. The smallest absolute Gasteiger partial charge is 0.246 e. The molecule has 5 heterocycles. The topological polar surface area (TPSA) is 653 Å². The number of aromatic hydroxyl groups is 1. The monoisotopic (exact) mass is 1860 g/mol. The van der Waals surface area contributed by atoms with Crippen molar-refractivity contribution in [3.8, 4) is 5.75 Å². The minimum Gasteiger partial charge on any atom is -0.508 e. The van der Waals surface area contributed by atoms with E-state index in [1.807, 2.05) is 13.8 Å². The number of carbonyl (C=O) groups is 17. The molecule has 3 aromatic carbocycles. The zero-order chi connectivity index (χ0) is 96.9. The summed E-state index contributed by atoms with van der Waals surface area (Å²) in [7, 11) is 3.87. The molecule has 8 rings (SSSR count). The van der Waals surface area contributed by atoms with E-state index in [2.05, 4.69) is 68.5 Å². The lowest BCUT2D eigenvalue weighted by molar-refractivity contribution is -0.149. The molecule has 0 aliphatic carbocycles. The summed E-state index contributed by atoms with van der Waals surface area (Å²) >= 11 is 0.753. The van der Waals surface area contributed by atoms with Crippen LogP contribution in [0.5, 0.6) is 5.75 Å². The molecule has 44 heteroatoms. The van der Waals surface area contributed by atoms with Gasteiger partial charge in [-0.15, -0.1) is 11.8 Å². The maximum Gasteiger partial charge on any atom is 0.246 e. The van der Waals surface area contributed by atoms with Crippen LogP contribution in [0.1, 0.15) is 135 Å². The van der Waals surface area contributed by atoms with Gasteiger partial charge in [-0.1, -0.05) is 102 Å². The van der Waals surface area contributed by atoms with Gasteiger partial charge in [0.1, 0.15) is 90.3 Å². The summed E-state index contributed by atoms with van der Waals surface area (Å²) in [6, 6.07) is -2.82. The summed E-state index contributed by atoms with van der Waals surface area (Å²) in [6.07, 6.45) is 1.03. The minimum absolute atomic E-state index is 0.0158. The third kappa shape index (κ3) is 29.0.